The van der Waals surface area contributed by atoms with Crippen LogP contribution in [0.1, 0.15) is 38.8 Å². The van der Waals surface area contributed by atoms with Crippen LogP contribution in [-0.4, -0.2) is 12.8 Å². The monoisotopic (exact) mass is 390 g/mol. The second-order valence-corrected chi connectivity index (χ2v) is 14.4. The van der Waals surface area contributed by atoms with Crippen LogP contribution < -0.4 is 4.43 Å². The van der Waals surface area contributed by atoms with Crippen LogP contribution in [0.25, 0.3) is 0 Å². The van der Waals surface area contributed by atoms with Crippen LogP contribution in [-0.2, 0) is 6.42 Å². The Morgan fingerprint density at radius 2 is 1.61 bits per heavy atom. The fourth-order valence-corrected chi connectivity index (χ4v) is 7.25. The quantitative estimate of drug-likeness (QED) is 0.426. The van der Waals surface area contributed by atoms with Crippen molar-refractivity contribution in [3.8, 4) is 5.75 Å². The van der Waals surface area contributed by atoms with Gasteiger partial charge >= 0.3 is 0 Å². The van der Waals surface area contributed by atoms with Gasteiger partial charge in [-0.1, -0.05) is 86.1 Å². The average Bonchev–Trinajstić information content (AvgIpc) is 2.47. The van der Waals surface area contributed by atoms with E-state index in [1.807, 2.05) is 0 Å². The summed E-state index contributed by atoms with van der Waals surface area (Å²) in [6.45, 7) is 11.4. The van der Waals surface area contributed by atoms with Gasteiger partial charge < -0.3 is 4.43 Å². The molecule has 3 heteroatoms. The van der Waals surface area contributed by atoms with Gasteiger partial charge in [0, 0.05) is 4.45 Å². The Balaban J connectivity index is 2.22. The maximum atomic E-state index is 6.60. The van der Waals surface area contributed by atoms with Crippen LogP contribution in [0, 0.1) is 0 Å². The molecule has 0 radical (unpaired) electrons. The first-order valence-corrected chi connectivity index (χ1v) is 11.6. The smallest absolute Gasteiger partial charge is 0.266 e. The molecule has 0 spiro atoms. The topological polar surface area (TPSA) is 9.23 Å². The van der Waals surface area contributed by atoms with E-state index >= 15 is 0 Å². The molecule has 2 rings (SSSR count). The SMILES string of the molecule is CC(Br)[Si](C)(Oc1cccc(Cc2ccccc2)c1)C(C)(C)C. The third-order valence-electron chi connectivity index (χ3n) is 4.73. The molecule has 0 aromatic heterocycles. The molecule has 0 N–H and O–H groups in total. The molecule has 0 saturated heterocycles. The van der Waals surface area contributed by atoms with E-state index in [9.17, 15) is 0 Å². The first-order valence-electron chi connectivity index (χ1n) is 8.18. The Kier molecular flexibility index (Phi) is 5.74. The van der Waals surface area contributed by atoms with Crippen LogP contribution in [0.3, 0.4) is 0 Å². The van der Waals surface area contributed by atoms with E-state index in [-0.39, 0.29) is 5.04 Å². The molecule has 2 unspecified atom stereocenters. The number of alkyl halides is 1. The summed E-state index contributed by atoms with van der Waals surface area (Å²) in [5, 5.41) is 0.158. The van der Waals surface area contributed by atoms with Crippen LogP contribution in [0.2, 0.25) is 11.6 Å². The molecule has 0 amide bonds. The summed E-state index contributed by atoms with van der Waals surface area (Å²) < 4.78 is 6.98. The molecule has 0 saturated carbocycles. The summed E-state index contributed by atoms with van der Waals surface area (Å²) in [6, 6.07) is 19.1. The van der Waals surface area contributed by atoms with Gasteiger partial charge in [-0.15, -0.1) is 0 Å². The Bertz CT molecular complexity index is 634. The predicted octanol–water partition coefficient (Wildman–Crippen LogP) is 6.35. The van der Waals surface area contributed by atoms with Crippen LogP contribution in [0.15, 0.2) is 54.6 Å². The van der Waals surface area contributed by atoms with E-state index in [1.165, 1.54) is 11.1 Å². The molecule has 1 nitrogen and oxygen atoms in total. The lowest BCUT2D eigenvalue weighted by molar-refractivity contribution is 0.481. The highest BCUT2D eigenvalue weighted by molar-refractivity contribution is 9.10. The van der Waals surface area contributed by atoms with E-state index in [4.69, 9.17) is 4.43 Å². The van der Waals surface area contributed by atoms with Crippen molar-refractivity contribution in [1.82, 2.24) is 0 Å². The molecule has 0 aliphatic rings. The van der Waals surface area contributed by atoms with Crippen LogP contribution in [0.5, 0.6) is 5.75 Å². The molecule has 0 aliphatic heterocycles. The van der Waals surface area contributed by atoms with Crippen molar-refractivity contribution >= 4 is 24.2 Å². The Morgan fingerprint density at radius 1 is 1.00 bits per heavy atom. The summed E-state index contributed by atoms with van der Waals surface area (Å²) >= 11 is 3.80. The minimum absolute atomic E-state index is 0.158. The van der Waals surface area contributed by atoms with Gasteiger partial charge in [0.25, 0.3) is 8.32 Å². The maximum absolute atomic E-state index is 6.60. The van der Waals surface area contributed by atoms with Crippen LogP contribution in [0.4, 0.5) is 0 Å². The summed E-state index contributed by atoms with van der Waals surface area (Å²) in [6.07, 6.45) is 0.940. The van der Waals surface area contributed by atoms with Crippen molar-refractivity contribution < 1.29 is 4.43 Å². The molecule has 2 aromatic rings. The first kappa shape index (κ1) is 18.3. The normalized spacial score (nSPS) is 15.7. The van der Waals surface area contributed by atoms with E-state index in [2.05, 4.69) is 105 Å². The molecule has 124 valence electrons. The lowest BCUT2D eigenvalue weighted by Crippen LogP contribution is -2.54. The van der Waals surface area contributed by atoms with E-state index in [0.29, 0.717) is 4.45 Å². The second-order valence-electron chi connectivity index (χ2n) is 7.38. The van der Waals surface area contributed by atoms with Crippen molar-refractivity contribution in [2.45, 2.75) is 50.2 Å². The highest BCUT2D eigenvalue weighted by atomic mass is 79.9. The van der Waals surface area contributed by atoms with Gasteiger partial charge in [-0.05, 0) is 41.3 Å². The van der Waals surface area contributed by atoms with Crippen molar-refractivity contribution in [3.63, 3.8) is 0 Å². The standard InChI is InChI=1S/C20H27BrOSi/c1-16(21)23(5,20(2,3)4)22-19-13-9-12-18(15-19)14-17-10-7-6-8-11-17/h6-13,15-16H,14H2,1-5H3. The molecule has 23 heavy (non-hydrogen) atoms. The third-order valence-corrected chi connectivity index (χ3v) is 12.5. The second kappa shape index (κ2) is 7.23. The zero-order valence-corrected chi connectivity index (χ0v) is 17.4. The molecule has 0 aliphatic carbocycles. The van der Waals surface area contributed by atoms with E-state index in [0.717, 1.165) is 12.2 Å². The van der Waals surface area contributed by atoms with Gasteiger partial charge in [-0.25, -0.2) is 0 Å². The van der Waals surface area contributed by atoms with Gasteiger partial charge in [0.15, 0.2) is 0 Å². The Hall–Kier alpha value is -1.06. The van der Waals surface area contributed by atoms with Crippen molar-refractivity contribution in [1.29, 1.82) is 0 Å². The van der Waals surface area contributed by atoms with Gasteiger partial charge in [0.2, 0.25) is 0 Å². The number of benzene rings is 2. The molecule has 2 atom stereocenters. The zero-order chi connectivity index (χ0) is 17.1. The fourth-order valence-electron chi connectivity index (χ4n) is 2.63. The largest absolute Gasteiger partial charge is 0.542 e. The van der Waals surface area contributed by atoms with E-state index < -0.39 is 8.32 Å². The average molecular weight is 391 g/mol. The molecule has 0 heterocycles. The summed E-state index contributed by atoms with van der Waals surface area (Å²) in [5.74, 6) is 0.994. The van der Waals surface area contributed by atoms with E-state index in [1.54, 1.807) is 0 Å². The number of rotatable bonds is 5. The summed E-state index contributed by atoms with van der Waals surface area (Å²) in [5.41, 5.74) is 2.62. The van der Waals surface area contributed by atoms with Gasteiger partial charge in [0.1, 0.15) is 5.75 Å². The van der Waals surface area contributed by atoms with Crippen molar-refractivity contribution in [3.05, 3.63) is 65.7 Å². The number of hydrogen-bond donors (Lipinski definition) is 0. The fraction of sp³-hybridized carbons (Fsp3) is 0.400. The Labute approximate surface area is 150 Å². The van der Waals surface area contributed by atoms with Crippen molar-refractivity contribution in [2.75, 3.05) is 0 Å². The molecule has 0 bridgehead atoms. The molecule has 0 fully saturated rings. The summed E-state index contributed by atoms with van der Waals surface area (Å²) in [7, 11) is -1.97. The highest BCUT2D eigenvalue weighted by Crippen LogP contribution is 2.42. The minimum atomic E-state index is -1.97. The maximum Gasteiger partial charge on any atom is 0.266 e. The molecule has 2 aromatic carbocycles. The van der Waals surface area contributed by atoms with Crippen LogP contribution >= 0.6 is 15.9 Å². The molecular formula is C20H27BrOSi. The van der Waals surface area contributed by atoms with Crippen molar-refractivity contribution in [2.24, 2.45) is 0 Å². The number of halogens is 1. The highest BCUT2D eigenvalue weighted by Gasteiger charge is 2.47. The lowest BCUT2D eigenvalue weighted by Gasteiger charge is -2.41. The summed E-state index contributed by atoms with van der Waals surface area (Å²) in [4.78, 5) is 0. The first-order chi connectivity index (χ1) is 10.7. The predicted molar refractivity (Wildman–Crippen MR) is 106 cm³/mol. The lowest BCUT2D eigenvalue weighted by atomic mass is 10.1. The Morgan fingerprint density at radius 3 is 2.17 bits per heavy atom. The molecular weight excluding hydrogens is 364 g/mol. The number of hydrogen-bond acceptors (Lipinski definition) is 1. The van der Waals surface area contributed by atoms with Gasteiger partial charge in [0.05, 0.1) is 0 Å². The zero-order valence-electron chi connectivity index (χ0n) is 14.8. The minimum Gasteiger partial charge on any atom is -0.542 e. The van der Waals surface area contributed by atoms with Gasteiger partial charge in [-0.2, -0.15) is 0 Å². The van der Waals surface area contributed by atoms with Gasteiger partial charge in [-0.3, -0.25) is 0 Å². The third kappa shape index (κ3) is 4.48.